The first-order chi connectivity index (χ1) is 29.8. The Bertz CT molecular complexity index is 2200. The van der Waals surface area contributed by atoms with E-state index < -0.39 is 35.0 Å². The fourth-order valence-corrected chi connectivity index (χ4v) is 11.6. The van der Waals surface area contributed by atoms with Crippen molar-refractivity contribution in [2.24, 2.45) is 5.92 Å². The number of nitrogens with one attached hydrogen (secondary N) is 1. The van der Waals surface area contributed by atoms with Crippen molar-refractivity contribution >= 4 is 34.7 Å². The lowest BCUT2D eigenvalue weighted by molar-refractivity contribution is -0.173. The Morgan fingerprint density at radius 1 is 0.774 bits per heavy atom. The molecule has 2 saturated heterocycles. The first-order valence-electron chi connectivity index (χ1n) is 22.2. The highest BCUT2D eigenvalue weighted by molar-refractivity contribution is 5.87. The van der Waals surface area contributed by atoms with Gasteiger partial charge in [-0.25, -0.2) is 0 Å². The summed E-state index contributed by atoms with van der Waals surface area (Å²) in [5.41, 5.74) is 3.47. The second kappa shape index (κ2) is 17.1. The van der Waals surface area contributed by atoms with E-state index in [1.165, 1.54) is 12.8 Å². The van der Waals surface area contributed by atoms with Crippen LogP contribution in [0.2, 0.25) is 0 Å². The Kier molecular flexibility index (Phi) is 11.7. The molecule has 9 rings (SSSR count). The number of phenols is 1. The molecule has 1 spiro atoms. The van der Waals surface area contributed by atoms with Crippen molar-refractivity contribution in [1.29, 1.82) is 0 Å². The third-order valence-electron chi connectivity index (χ3n) is 14.6. The molecule has 3 aliphatic carbocycles. The van der Waals surface area contributed by atoms with Crippen molar-refractivity contribution in [1.82, 2.24) is 34.4 Å². The van der Waals surface area contributed by atoms with Gasteiger partial charge in [0.15, 0.2) is 17.6 Å². The molecule has 3 fully saturated rings. The van der Waals surface area contributed by atoms with Crippen molar-refractivity contribution in [3.8, 4) is 11.5 Å². The highest BCUT2D eigenvalue weighted by Gasteiger charge is 2.73. The lowest BCUT2D eigenvalue weighted by Gasteiger charge is -2.63. The molecule has 1 amide bonds. The van der Waals surface area contributed by atoms with E-state index in [9.17, 15) is 44.7 Å². The smallest absolute Gasteiger partial charge is 0.317 e. The van der Waals surface area contributed by atoms with Crippen LogP contribution in [0, 0.1) is 5.92 Å². The number of hydrogen-bond acceptors (Lipinski definition) is 12. The Hall–Kier alpha value is -4.78. The second-order valence-corrected chi connectivity index (χ2v) is 18.4. The van der Waals surface area contributed by atoms with Crippen molar-refractivity contribution in [3.05, 3.63) is 58.8 Å². The number of aromatic hydroxyl groups is 1. The van der Waals surface area contributed by atoms with E-state index in [-0.39, 0.29) is 43.9 Å². The van der Waals surface area contributed by atoms with Crippen molar-refractivity contribution in [2.45, 2.75) is 68.2 Å². The summed E-state index contributed by atoms with van der Waals surface area (Å²) in [6.07, 6.45) is 4.50. The van der Waals surface area contributed by atoms with Crippen LogP contribution in [0.15, 0.2) is 36.4 Å². The molecule has 6 N–H and O–H groups in total. The fourth-order valence-electron chi connectivity index (χ4n) is 11.6. The van der Waals surface area contributed by atoms with Gasteiger partial charge in [0.1, 0.15) is 0 Å². The number of aromatic nitrogens is 1. The molecule has 17 heteroatoms. The van der Waals surface area contributed by atoms with E-state index in [0.29, 0.717) is 96.4 Å². The number of aryl methyl sites for hydroxylation is 1. The molecule has 2 aromatic carbocycles. The molecule has 334 valence electrons. The molecule has 4 atom stereocenters. The summed E-state index contributed by atoms with van der Waals surface area (Å²) in [7, 11) is 0. The molecule has 1 aromatic heterocycles. The Morgan fingerprint density at radius 2 is 1.37 bits per heavy atom. The number of rotatable bonds is 14. The largest absolute Gasteiger partial charge is 0.504 e. The van der Waals surface area contributed by atoms with E-state index in [2.05, 4.69) is 26.9 Å². The minimum absolute atomic E-state index is 0.0366. The van der Waals surface area contributed by atoms with Gasteiger partial charge in [-0.1, -0.05) is 24.3 Å². The average Bonchev–Trinajstić information content (AvgIpc) is 3.89. The van der Waals surface area contributed by atoms with Crippen molar-refractivity contribution < 1.29 is 49.4 Å². The van der Waals surface area contributed by atoms with Gasteiger partial charge < -0.3 is 40.2 Å². The maximum absolute atomic E-state index is 13.6. The number of fused-ring (bicyclic) bond motifs is 4. The number of carboxylic acids is 3. The number of nitrogens with zero attached hydrogens (tertiary/aromatic N) is 6. The molecule has 0 radical (unpaired) electrons. The van der Waals surface area contributed by atoms with Gasteiger partial charge in [-0.05, 0) is 67.8 Å². The summed E-state index contributed by atoms with van der Waals surface area (Å²) in [6.45, 7) is 4.71. The summed E-state index contributed by atoms with van der Waals surface area (Å²) in [5.74, 6) is -1.95. The number of ether oxygens (including phenoxy) is 1. The number of para-hydroxylation sites is 1. The average molecular weight is 858 g/mol. The predicted molar refractivity (Wildman–Crippen MR) is 226 cm³/mol. The van der Waals surface area contributed by atoms with Crippen LogP contribution in [0.1, 0.15) is 54.2 Å². The fraction of sp³-hybridized carbons (Fsp3) is 0.600. The summed E-state index contributed by atoms with van der Waals surface area (Å²) in [5, 5.41) is 57.4. The van der Waals surface area contributed by atoms with E-state index >= 15 is 0 Å². The van der Waals surface area contributed by atoms with Crippen molar-refractivity contribution in [3.63, 3.8) is 0 Å². The number of aliphatic hydroxyl groups is 1. The van der Waals surface area contributed by atoms with Crippen LogP contribution in [-0.2, 0) is 44.0 Å². The van der Waals surface area contributed by atoms with Crippen LogP contribution in [0.4, 0.5) is 0 Å². The molecule has 0 unspecified atom stereocenters. The van der Waals surface area contributed by atoms with E-state index in [4.69, 9.17) is 4.74 Å². The molecular weight excluding hydrogens is 799 g/mol. The highest BCUT2D eigenvalue weighted by Crippen LogP contribution is 2.69. The van der Waals surface area contributed by atoms with Gasteiger partial charge in [-0.2, -0.15) is 0 Å². The predicted octanol–water partition coefficient (Wildman–Crippen LogP) is 1.03. The van der Waals surface area contributed by atoms with Crippen molar-refractivity contribution in [2.75, 3.05) is 98.2 Å². The monoisotopic (exact) mass is 857 g/mol. The quantitative estimate of drug-likeness (QED) is 0.125. The number of carbonyl (C=O) groups is 4. The zero-order valence-corrected chi connectivity index (χ0v) is 35.2. The molecule has 1 saturated carbocycles. The van der Waals surface area contributed by atoms with Crippen LogP contribution >= 0.6 is 0 Å². The molecule has 3 aliphatic heterocycles. The Morgan fingerprint density at radius 3 is 1.97 bits per heavy atom. The normalized spacial score (nSPS) is 27.1. The first-order valence-corrected chi connectivity index (χ1v) is 22.2. The van der Waals surface area contributed by atoms with Crippen LogP contribution in [0.5, 0.6) is 11.5 Å². The number of carbonyl (C=O) groups excluding carboxylic acids is 1. The van der Waals surface area contributed by atoms with Gasteiger partial charge in [-0.3, -0.25) is 43.7 Å². The standard InChI is InChI=1S/C45H59N7O10/c53-34-9-8-30-22-35-45(61)23-32-31-4-1-2-5-33(31)52(41(32)43-44(45,40(30)42(34)62-43)10-13-51(35)24-29-6-7-29)12-3-11-46-36(54)25-47-14-16-48(26-37(55)56)18-20-50(28-39(59)60)21-19-49(17-15-47)27-38(57)58/h1-2,4-5,8-9,29,35,43,53,61H,3,6-7,10-28H2,(H,46,54)(H,55,56)(H,57,58)(H,59,60)/t35-,43+,44+,45-/m1/s1. The third kappa shape index (κ3) is 7.91. The third-order valence-corrected chi connectivity index (χ3v) is 14.6. The molecule has 17 nitrogen and oxygen atoms in total. The summed E-state index contributed by atoms with van der Waals surface area (Å²) in [6, 6.07) is 12.0. The van der Waals surface area contributed by atoms with Gasteiger partial charge >= 0.3 is 17.9 Å². The number of aliphatic carboxylic acids is 3. The van der Waals surface area contributed by atoms with Gasteiger partial charge in [-0.15, -0.1) is 0 Å². The molecule has 62 heavy (non-hydrogen) atoms. The van der Waals surface area contributed by atoms with E-state index in [0.717, 1.165) is 52.8 Å². The topological polar surface area (TPSA) is 212 Å². The lowest BCUT2D eigenvalue weighted by atomic mass is 9.49. The highest BCUT2D eigenvalue weighted by atomic mass is 16.5. The van der Waals surface area contributed by atoms with Crippen LogP contribution in [0.3, 0.4) is 0 Å². The molecular formula is C45H59N7O10. The molecule has 3 aromatic rings. The molecule has 6 aliphatic rings. The first kappa shape index (κ1) is 42.5. The number of hydrogen-bond donors (Lipinski definition) is 6. The zero-order valence-electron chi connectivity index (χ0n) is 35.2. The van der Waals surface area contributed by atoms with E-state index in [1.807, 2.05) is 23.1 Å². The van der Waals surface area contributed by atoms with Gasteiger partial charge in [0.05, 0.1) is 42.9 Å². The zero-order chi connectivity index (χ0) is 43.3. The lowest BCUT2D eigenvalue weighted by Crippen LogP contribution is -2.74. The number of amides is 1. The number of carboxylic acid groups (broad SMARTS) is 3. The summed E-state index contributed by atoms with van der Waals surface area (Å²) in [4.78, 5) is 58.2. The number of likely N-dealkylation sites (tertiary alicyclic amines) is 1. The van der Waals surface area contributed by atoms with Gasteiger partial charge in [0.2, 0.25) is 5.91 Å². The maximum atomic E-state index is 13.6. The minimum Gasteiger partial charge on any atom is -0.504 e. The Balaban J connectivity index is 0.913. The minimum atomic E-state index is -1.09. The Labute approximate surface area is 360 Å². The number of benzene rings is 2. The van der Waals surface area contributed by atoms with Crippen LogP contribution in [-0.4, -0.2) is 188 Å². The van der Waals surface area contributed by atoms with E-state index in [1.54, 1.807) is 20.8 Å². The van der Waals surface area contributed by atoms with Crippen LogP contribution < -0.4 is 10.1 Å². The SMILES string of the molecule is O=C(O)CN1CCN(CC(=O)O)CCN(CC(=O)NCCCn2c3c(c4ccccc42)C[C@@]2(O)[C@H]4Cc5ccc(O)c6c5[C@@]2(CCN4CC2CC2)[C@H]3O6)CCN(CC(=O)O)CC1. The number of phenolic OH excluding ortho intramolecular Hbond substituents is 1. The summed E-state index contributed by atoms with van der Waals surface area (Å²) < 4.78 is 9.24. The second-order valence-electron chi connectivity index (χ2n) is 18.4. The maximum Gasteiger partial charge on any atom is 0.317 e. The molecule has 4 heterocycles. The number of piperidine rings is 1. The van der Waals surface area contributed by atoms with Gasteiger partial charge in [0, 0.05) is 101 Å². The van der Waals surface area contributed by atoms with Crippen LogP contribution in [0.25, 0.3) is 10.9 Å². The van der Waals surface area contributed by atoms with Gasteiger partial charge in [0.25, 0.3) is 0 Å². The summed E-state index contributed by atoms with van der Waals surface area (Å²) >= 11 is 0. The molecule has 2 bridgehead atoms.